The monoisotopic (exact) mass is 235 g/mol. The van der Waals surface area contributed by atoms with Crippen molar-refractivity contribution < 1.29 is 14.7 Å². The van der Waals surface area contributed by atoms with Crippen LogP contribution in [0.2, 0.25) is 0 Å². The summed E-state index contributed by atoms with van der Waals surface area (Å²) in [4.78, 5) is 24.9. The Kier molecular flexibility index (Phi) is 2.72. The Labute approximate surface area is 97.8 Å². The van der Waals surface area contributed by atoms with Crippen molar-refractivity contribution in [3.63, 3.8) is 0 Å². The number of aliphatic hydroxyl groups excluding tert-OH is 1. The maximum Gasteiger partial charge on any atom is 0.261 e. The highest BCUT2D eigenvalue weighted by Crippen LogP contribution is 2.28. The maximum absolute atomic E-state index is 11.9. The third-order valence-corrected chi connectivity index (χ3v) is 2.71. The number of nitrogens with zero attached hydrogens (tertiary/aromatic N) is 1. The second-order valence-electron chi connectivity index (χ2n) is 3.87. The molecule has 6 heteroatoms. The topological polar surface area (TPSA) is 110 Å². The quantitative estimate of drug-likeness (QED) is 0.497. The van der Waals surface area contributed by atoms with Gasteiger partial charge in [-0.1, -0.05) is 0 Å². The third-order valence-electron chi connectivity index (χ3n) is 2.71. The first-order valence-electron chi connectivity index (χ1n) is 5.22. The molecule has 0 aliphatic carbocycles. The Balaban J connectivity index is 2.39. The fourth-order valence-electron chi connectivity index (χ4n) is 1.80. The minimum atomic E-state index is -0.384. The lowest BCUT2D eigenvalue weighted by Crippen LogP contribution is -2.31. The van der Waals surface area contributed by atoms with Crippen LogP contribution in [0.4, 0.5) is 11.4 Å². The molecule has 90 valence electrons. The molecule has 1 aliphatic heterocycles. The lowest BCUT2D eigenvalue weighted by molar-refractivity contribution is 0.0645. The van der Waals surface area contributed by atoms with Gasteiger partial charge >= 0.3 is 0 Å². The molecule has 0 bridgehead atoms. The number of carbonyl (C=O) groups is 2. The molecule has 0 fully saturated rings. The van der Waals surface area contributed by atoms with E-state index < -0.39 is 0 Å². The van der Waals surface area contributed by atoms with Crippen LogP contribution in [0.25, 0.3) is 0 Å². The number of fused-ring (bicyclic) bond motifs is 1. The highest BCUT2D eigenvalue weighted by Gasteiger charge is 2.35. The van der Waals surface area contributed by atoms with Crippen molar-refractivity contribution in [3.05, 3.63) is 23.3 Å². The van der Waals surface area contributed by atoms with Gasteiger partial charge in [-0.2, -0.15) is 0 Å². The second kappa shape index (κ2) is 4.06. The van der Waals surface area contributed by atoms with Crippen molar-refractivity contribution in [2.75, 3.05) is 24.6 Å². The van der Waals surface area contributed by atoms with Gasteiger partial charge in [0.1, 0.15) is 0 Å². The van der Waals surface area contributed by atoms with Crippen LogP contribution >= 0.6 is 0 Å². The molecule has 0 aromatic heterocycles. The van der Waals surface area contributed by atoms with Gasteiger partial charge in [0.25, 0.3) is 11.8 Å². The van der Waals surface area contributed by atoms with E-state index in [0.29, 0.717) is 6.42 Å². The second-order valence-corrected chi connectivity index (χ2v) is 3.87. The SMILES string of the molecule is Nc1cc2c(cc1N)C(=O)N(CCCO)C2=O. The molecule has 0 unspecified atom stereocenters. The van der Waals surface area contributed by atoms with Crippen LogP contribution in [0, 0.1) is 0 Å². The molecule has 2 amide bonds. The summed E-state index contributed by atoms with van der Waals surface area (Å²) in [6.07, 6.45) is 0.358. The highest BCUT2D eigenvalue weighted by molar-refractivity contribution is 6.22. The standard InChI is InChI=1S/C11H13N3O3/c12-8-4-6-7(5-9(8)13)11(17)14(10(6)16)2-1-3-15/h4-5,15H,1-3,12-13H2. The lowest BCUT2D eigenvalue weighted by Gasteiger charge is -2.11. The molecule has 1 aromatic rings. The number of amides is 2. The molecule has 0 spiro atoms. The van der Waals surface area contributed by atoms with Crippen LogP contribution in [-0.2, 0) is 0 Å². The largest absolute Gasteiger partial charge is 0.397 e. The van der Waals surface area contributed by atoms with Crippen LogP contribution in [0.15, 0.2) is 12.1 Å². The van der Waals surface area contributed by atoms with Crippen LogP contribution in [-0.4, -0.2) is 35.0 Å². The molecule has 1 aliphatic rings. The number of nitrogens with two attached hydrogens (primary N) is 2. The van der Waals surface area contributed by atoms with Gasteiger partial charge in [0.2, 0.25) is 0 Å². The van der Waals surface area contributed by atoms with E-state index in [1.54, 1.807) is 0 Å². The average molecular weight is 235 g/mol. The Morgan fingerprint density at radius 2 is 1.53 bits per heavy atom. The summed E-state index contributed by atoms with van der Waals surface area (Å²) in [5.41, 5.74) is 12.3. The molecule has 5 N–H and O–H groups in total. The molecule has 17 heavy (non-hydrogen) atoms. The van der Waals surface area contributed by atoms with Crippen molar-refractivity contribution in [1.82, 2.24) is 4.90 Å². The minimum absolute atomic E-state index is 0.0717. The number of carbonyl (C=O) groups excluding carboxylic acids is 2. The number of imide groups is 1. The minimum Gasteiger partial charge on any atom is -0.397 e. The molecule has 0 saturated heterocycles. The van der Waals surface area contributed by atoms with Gasteiger partial charge in [-0.25, -0.2) is 0 Å². The fourth-order valence-corrected chi connectivity index (χ4v) is 1.80. The number of benzene rings is 1. The van der Waals surface area contributed by atoms with Crippen LogP contribution in [0.1, 0.15) is 27.1 Å². The molecule has 6 nitrogen and oxygen atoms in total. The van der Waals surface area contributed by atoms with Crippen molar-refractivity contribution >= 4 is 23.2 Å². The van der Waals surface area contributed by atoms with Gasteiger partial charge in [0.15, 0.2) is 0 Å². The normalized spacial score (nSPS) is 14.3. The zero-order valence-electron chi connectivity index (χ0n) is 9.14. The zero-order valence-corrected chi connectivity index (χ0v) is 9.14. The van der Waals surface area contributed by atoms with Gasteiger partial charge in [-0.3, -0.25) is 14.5 Å². The number of hydrogen-bond donors (Lipinski definition) is 3. The van der Waals surface area contributed by atoms with Crippen LogP contribution < -0.4 is 11.5 Å². The summed E-state index contributed by atoms with van der Waals surface area (Å²) in [5.74, 6) is -0.768. The van der Waals surface area contributed by atoms with E-state index in [-0.39, 0.29) is 47.5 Å². The van der Waals surface area contributed by atoms with Gasteiger partial charge in [0, 0.05) is 13.2 Å². The van der Waals surface area contributed by atoms with Gasteiger partial charge in [-0.05, 0) is 18.6 Å². The van der Waals surface area contributed by atoms with E-state index in [0.717, 1.165) is 4.90 Å². The van der Waals surface area contributed by atoms with E-state index in [4.69, 9.17) is 16.6 Å². The number of anilines is 2. The Bertz CT molecular complexity index is 458. The van der Waals surface area contributed by atoms with Gasteiger partial charge < -0.3 is 16.6 Å². The number of rotatable bonds is 3. The molecule has 0 saturated carbocycles. The van der Waals surface area contributed by atoms with E-state index in [2.05, 4.69) is 0 Å². The summed E-state index contributed by atoms with van der Waals surface area (Å²) in [5, 5.41) is 8.72. The summed E-state index contributed by atoms with van der Waals surface area (Å²) in [6.45, 7) is 0.125. The molecule has 0 atom stereocenters. The molecular weight excluding hydrogens is 222 g/mol. The first kappa shape index (κ1) is 11.4. The first-order valence-corrected chi connectivity index (χ1v) is 5.22. The van der Waals surface area contributed by atoms with E-state index in [9.17, 15) is 9.59 Å². The zero-order chi connectivity index (χ0) is 12.6. The number of hydrogen-bond acceptors (Lipinski definition) is 5. The van der Waals surface area contributed by atoms with E-state index in [1.165, 1.54) is 12.1 Å². The summed E-state index contributed by atoms with van der Waals surface area (Å²) >= 11 is 0. The highest BCUT2D eigenvalue weighted by atomic mass is 16.3. The fraction of sp³-hybridized carbons (Fsp3) is 0.273. The summed E-state index contributed by atoms with van der Waals surface area (Å²) in [6, 6.07) is 2.84. The average Bonchev–Trinajstić information content (AvgIpc) is 2.51. The molecular formula is C11H13N3O3. The summed E-state index contributed by atoms with van der Waals surface area (Å²) < 4.78 is 0. The lowest BCUT2D eigenvalue weighted by atomic mass is 10.1. The van der Waals surface area contributed by atoms with E-state index >= 15 is 0 Å². The van der Waals surface area contributed by atoms with Crippen molar-refractivity contribution in [2.45, 2.75) is 6.42 Å². The van der Waals surface area contributed by atoms with Crippen molar-refractivity contribution in [3.8, 4) is 0 Å². The molecule has 1 heterocycles. The maximum atomic E-state index is 11.9. The predicted octanol–water partition coefficient (Wildman–Crippen LogP) is -0.171. The Morgan fingerprint density at radius 1 is 1.06 bits per heavy atom. The van der Waals surface area contributed by atoms with E-state index in [1.807, 2.05) is 0 Å². The van der Waals surface area contributed by atoms with Crippen molar-refractivity contribution in [2.24, 2.45) is 0 Å². The van der Waals surface area contributed by atoms with Crippen LogP contribution in [0.3, 0.4) is 0 Å². The van der Waals surface area contributed by atoms with Gasteiger partial charge in [0.05, 0.1) is 22.5 Å². The molecule has 1 aromatic carbocycles. The van der Waals surface area contributed by atoms with Crippen molar-refractivity contribution in [1.29, 1.82) is 0 Å². The first-order chi connectivity index (χ1) is 8.06. The smallest absolute Gasteiger partial charge is 0.261 e. The number of nitrogen functional groups attached to an aromatic ring is 2. The number of aliphatic hydroxyl groups is 1. The van der Waals surface area contributed by atoms with Crippen LogP contribution in [0.5, 0.6) is 0 Å². The predicted molar refractivity (Wildman–Crippen MR) is 62.3 cm³/mol. The molecule has 0 radical (unpaired) electrons. The Hall–Kier alpha value is -2.08. The van der Waals surface area contributed by atoms with Gasteiger partial charge in [-0.15, -0.1) is 0 Å². The summed E-state index contributed by atoms with van der Waals surface area (Å²) in [7, 11) is 0. The molecule has 2 rings (SSSR count). The Morgan fingerprint density at radius 3 is 1.94 bits per heavy atom. The third kappa shape index (κ3) is 1.72.